The van der Waals surface area contributed by atoms with Crippen LogP contribution in [0.15, 0.2) is 36.5 Å². The van der Waals surface area contributed by atoms with Gasteiger partial charge in [0.25, 0.3) is 0 Å². The second kappa shape index (κ2) is 4.18. The van der Waals surface area contributed by atoms with Gasteiger partial charge >= 0.3 is 0 Å². The van der Waals surface area contributed by atoms with E-state index >= 15 is 0 Å². The summed E-state index contributed by atoms with van der Waals surface area (Å²) in [6.07, 6.45) is 1.85. The van der Waals surface area contributed by atoms with Crippen LogP contribution in [0, 0.1) is 0 Å². The van der Waals surface area contributed by atoms with Crippen LogP contribution < -0.4 is 4.74 Å². The summed E-state index contributed by atoms with van der Waals surface area (Å²) in [5.41, 5.74) is 1.03. The molecule has 17 heavy (non-hydrogen) atoms. The molecule has 86 valence electrons. The summed E-state index contributed by atoms with van der Waals surface area (Å²) in [6.45, 7) is 0.469. The molecule has 2 aromatic heterocycles. The van der Waals surface area contributed by atoms with Crippen molar-refractivity contribution in [1.82, 2.24) is 14.8 Å². The molecular weight excluding hydrogens is 234 g/mol. The third-order valence-electron chi connectivity index (χ3n) is 2.37. The molecule has 0 fully saturated rings. The lowest BCUT2D eigenvalue weighted by Gasteiger charge is -1.97. The number of ether oxygens (including phenoxy) is 1. The Labute approximate surface area is 102 Å². The first-order chi connectivity index (χ1) is 8.31. The van der Waals surface area contributed by atoms with E-state index in [4.69, 9.17) is 4.74 Å². The topological polar surface area (TPSA) is 39.9 Å². The maximum absolute atomic E-state index is 5.56. The van der Waals surface area contributed by atoms with Crippen LogP contribution in [0.1, 0.15) is 5.01 Å². The van der Waals surface area contributed by atoms with Crippen LogP contribution >= 0.6 is 11.3 Å². The summed E-state index contributed by atoms with van der Waals surface area (Å²) < 4.78 is 8.46. The lowest BCUT2D eigenvalue weighted by Crippen LogP contribution is -1.96. The molecule has 0 aliphatic carbocycles. The Morgan fingerprint density at radius 3 is 2.94 bits per heavy atom. The quantitative estimate of drug-likeness (QED) is 0.712. The summed E-state index contributed by atoms with van der Waals surface area (Å²) in [5.74, 6) is 0.631. The van der Waals surface area contributed by atoms with E-state index in [1.54, 1.807) is 16.0 Å². The van der Waals surface area contributed by atoms with Crippen LogP contribution in [0.3, 0.4) is 0 Å². The molecule has 2 heterocycles. The Balaban J connectivity index is 1.76. The number of rotatable bonds is 3. The molecule has 0 N–H and O–H groups in total. The van der Waals surface area contributed by atoms with Crippen molar-refractivity contribution < 1.29 is 4.74 Å². The van der Waals surface area contributed by atoms with Crippen LogP contribution in [0.5, 0.6) is 5.88 Å². The molecule has 0 saturated heterocycles. The molecule has 0 amide bonds. The Morgan fingerprint density at radius 2 is 2.18 bits per heavy atom. The first-order valence-corrected chi connectivity index (χ1v) is 6.10. The maximum atomic E-state index is 5.56. The largest absolute Gasteiger partial charge is 0.469 e. The molecular formula is C12H11N3OS. The normalized spacial score (nSPS) is 10.9. The smallest absolute Gasteiger partial charge is 0.233 e. The van der Waals surface area contributed by atoms with E-state index < -0.39 is 0 Å². The zero-order valence-corrected chi connectivity index (χ0v) is 10.1. The van der Waals surface area contributed by atoms with Crippen molar-refractivity contribution in [3.63, 3.8) is 0 Å². The highest BCUT2D eigenvalue weighted by Gasteiger charge is 2.04. The number of hydrogen-bond donors (Lipinski definition) is 0. The predicted molar refractivity (Wildman–Crippen MR) is 67.2 cm³/mol. The number of fused-ring (bicyclic) bond motifs is 1. The van der Waals surface area contributed by atoms with Crippen molar-refractivity contribution in [3.8, 4) is 5.88 Å². The Bertz CT molecular complexity index is 611. The molecule has 3 rings (SSSR count). The Hall–Kier alpha value is -1.88. The molecule has 0 atom stereocenters. The standard InChI is InChI=1S/C12H11N3OS/c1-15-7-6-11(14-15)16-8-12-13-9-4-2-3-5-10(9)17-12/h2-7H,8H2,1H3. The fourth-order valence-electron chi connectivity index (χ4n) is 1.59. The van der Waals surface area contributed by atoms with Gasteiger partial charge in [-0.2, -0.15) is 0 Å². The summed E-state index contributed by atoms with van der Waals surface area (Å²) in [6, 6.07) is 9.93. The van der Waals surface area contributed by atoms with Crippen molar-refractivity contribution in [1.29, 1.82) is 0 Å². The average molecular weight is 245 g/mol. The molecule has 0 unspecified atom stereocenters. The lowest BCUT2D eigenvalue weighted by molar-refractivity contribution is 0.290. The highest BCUT2D eigenvalue weighted by atomic mass is 32.1. The lowest BCUT2D eigenvalue weighted by atomic mass is 10.3. The van der Waals surface area contributed by atoms with Crippen LogP contribution in [0.2, 0.25) is 0 Å². The molecule has 3 aromatic rings. The van der Waals surface area contributed by atoms with Crippen LogP contribution in [0.25, 0.3) is 10.2 Å². The monoisotopic (exact) mass is 245 g/mol. The summed E-state index contributed by atoms with van der Waals surface area (Å²) >= 11 is 1.65. The molecule has 0 aliphatic rings. The van der Waals surface area contributed by atoms with Crippen LogP contribution in [0.4, 0.5) is 0 Å². The van der Waals surface area contributed by atoms with E-state index in [2.05, 4.69) is 16.1 Å². The van der Waals surface area contributed by atoms with Crippen molar-refractivity contribution in [2.75, 3.05) is 0 Å². The van der Waals surface area contributed by atoms with Gasteiger partial charge < -0.3 is 4.74 Å². The number of aromatic nitrogens is 3. The third-order valence-corrected chi connectivity index (χ3v) is 3.38. The van der Waals surface area contributed by atoms with Gasteiger partial charge in [-0.3, -0.25) is 4.68 Å². The van der Waals surface area contributed by atoms with E-state index in [0.29, 0.717) is 12.5 Å². The van der Waals surface area contributed by atoms with Crippen molar-refractivity contribution in [2.45, 2.75) is 6.61 Å². The van der Waals surface area contributed by atoms with Crippen molar-refractivity contribution in [2.24, 2.45) is 7.05 Å². The molecule has 0 spiro atoms. The van der Waals surface area contributed by atoms with E-state index in [9.17, 15) is 0 Å². The minimum atomic E-state index is 0.469. The maximum Gasteiger partial charge on any atom is 0.233 e. The molecule has 0 saturated carbocycles. The van der Waals surface area contributed by atoms with Gasteiger partial charge in [0.15, 0.2) is 0 Å². The van der Waals surface area contributed by atoms with E-state index in [0.717, 1.165) is 10.5 Å². The first kappa shape index (κ1) is 10.3. The fourth-order valence-corrected chi connectivity index (χ4v) is 2.47. The van der Waals surface area contributed by atoms with E-state index in [1.165, 1.54) is 4.70 Å². The number of para-hydroxylation sites is 1. The fraction of sp³-hybridized carbons (Fsp3) is 0.167. The number of aryl methyl sites for hydroxylation is 1. The molecule has 0 radical (unpaired) electrons. The molecule has 1 aromatic carbocycles. The van der Waals surface area contributed by atoms with Crippen LogP contribution in [-0.2, 0) is 13.7 Å². The molecule has 0 aliphatic heterocycles. The molecule has 4 nitrogen and oxygen atoms in total. The highest BCUT2D eigenvalue weighted by Crippen LogP contribution is 2.22. The van der Waals surface area contributed by atoms with Gasteiger partial charge in [-0.25, -0.2) is 4.98 Å². The van der Waals surface area contributed by atoms with Gasteiger partial charge in [0.1, 0.15) is 11.6 Å². The minimum Gasteiger partial charge on any atom is -0.469 e. The number of thiazole rings is 1. The molecule has 0 bridgehead atoms. The summed E-state index contributed by atoms with van der Waals surface area (Å²) in [4.78, 5) is 4.49. The first-order valence-electron chi connectivity index (χ1n) is 5.28. The number of hydrogen-bond acceptors (Lipinski definition) is 4. The minimum absolute atomic E-state index is 0.469. The highest BCUT2D eigenvalue weighted by molar-refractivity contribution is 7.18. The van der Waals surface area contributed by atoms with E-state index in [1.807, 2.05) is 37.5 Å². The predicted octanol–water partition coefficient (Wildman–Crippen LogP) is 2.61. The Morgan fingerprint density at radius 1 is 1.29 bits per heavy atom. The third kappa shape index (κ3) is 2.14. The van der Waals surface area contributed by atoms with E-state index in [-0.39, 0.29) is 0 Å². The van der Waals surface area contributed by atoms with Gasteiger partial charge in [0.2, 0.25) is 5.88 Å². The van der Waals surface area contributed by atoms with Gasteiger partial charge in [-0.05, 0) is 12.1 Å². The average Bonchev–Trinajstić information content (AvgIpc) is 2.91. The number of nitrogens with zero attached hydrogens (tertiary/aromatic N) is 3. The molecule has 5 heteroatoms. The Kier molecular flexibility index (Phi) is 2.53. The van der Waals surface area contributed by atoms with Crippen LogP contribution in [-0.4, -0.2) is 14.8 Å². The zero-order chi connectivity index (χ0) is 11.7. The number of benzene rings is 1. The zero-order valence-electron chi connectivity index (χ0n) is 9.33. The van der Waals surface area contributed by atoms with Gasteiger partial charge in [-0.1, -0.05) is 12.1 Å². The SMILES string of the molecule is Cn1ccc(OCc2nc3ccccc3s2)n1. The summed E-state index contributed by atoms with van der Waals surface area (Å²) in [5, 5.41) is 5.12. The van der Waals surface area contributed by atoms with Gasteiger partial charge in [0, 0.05) is 19.3 Å². The second-order valence-corrected chi connectivity index (χ2v) is 4.81. The van der Waals surface area contributed by atoms with Crippen molar-refractivity contribution >= 4 is 21.6 Å². The summed E-state index contributed by atoms with van der Waals surface area (Å²) in [7, 11) is 1.87. The van der Waals surface area contributed by atoms with Gasteiger partial charge in [0.05, 0.1) is 10.2 Å². The second-order valence-electron chi connectivity index (χ2n) is 3.69. The van der Waals surface area contributed by atoms with Gasteiger partial charge in [-0.15, -0.1) is 16.4 Å². The van der Waals surface area contributed by atoms with Crippen molar-refractivity contribution in [3.05, 3.63) is 41.5 Å².